The summed E-state index contributed by atoms with van der Waals surface area (Å²) < 4.78 is 5.29. The number of ether oxygens (including phenoxy) is 1. The molecule has 8 nitrogen and oxygen atoms in total. The molecule has 8 heteroatoms. The average molecular weight is 508 g/mol. The summed E-state index contributed by atoms with van der Waals surface area (Å²) in [7, 11) is 0. The normalized spacial score (nSPS) is 18.2. The number of aliphatic hydroxyl groups excluding tert-OH is 1. The van der Waals surface area contributed by atoms with E-state index in [1.54, 1.807) is 32.9 Å². The number of carbonyl (C=O) groups excluding carboxylic acids is 3. The van der Waals surface area contributed by atoms with Gasteiger partial charge in [0.2, 0.25) is 11.8 Å². The molecule has 1 aliphatic rings. The summed E-state index contributed by atoms with van der Waals surface area (Å²) in [4.78, 5) is 41.5. The van der Waals surface area contributed by atoms with Crippen LogP contribution in [0, 0.1) is 5.92 Å². The molecular weight excluding hydrogens is 470 g/mol. The van der Waals surface area contributed by atoms with Crippen LogP contribution < -0.4 is 10.6 Å². The molecule has 0 heterocycles. The Morgan fingerprint density at radius 1 is 1.16 bits per heavy atom. The summed E-state index contributed by atoms with van der Waals surface area (Å²) in [5.41, 5.74) is 1.57. The third-order valence-electron chi connectivity index (χ3n) is 6.15. The number of alkyl carbamates (subject to hydrolysis) is 1. The Balaban J connectivity index is 1.95. The molecule has 1 saturated carbocycles. The van der Waals surface area contributed by atoms with Crippen molar-refractivity contribution in [3.8, 4) is 0 Å². The average Bonchev–Trinajstić information content (AvgIpc) is 3.59. The van der Waals surface area contributed by atoms with Crippen LogP contribution in [0.25, 0.3) is 6.08 Å². The lowest BCUT2D eigenvalue weighted by Gasteiger charge is -2.34. The molecule has 0 bridgehead atoms. The molecular formula is C29H37N3O5. The molecule has 4 unspecified atom stereocenters. The van der Waals surface area contributed by atoms with Crippen LogP contribution in [0.4, 0.5) is 4.79 Å². The highest BCUT2D eigenvalue weighted by Gasteiger charge is 2.48. The number of nitrogens with one attached hydrogen (secondary N) is 2. The smallest absolute Gasteiger partial charge is 0.408 e. The van der Waals surface area contributed by atoms with Crippen LogP contribution in [-0.4, -0.2) is 52.2 Å². The maximum absolute atomic E-state index is 13.8. The van der Waals surface area contributed by atoms with Crippen molar-refractivity contribution in [2.45, 2.75) is 64.4 Å². The highest BCUT2D eigenvalue weighted by molar-refractivity contribution is 5.92. The lowest BCUT2D eigenvalue weighted by Crippen LogP contribution is -2.55. The second-order valence-electron chi connectivity index (χ2n) is 10.4. The Bertz CT molecular complexity index is 1110. The fraction of sp³-hybridized carbons (Fsp3) is 0.414. The summed E-state index contributed by atoms with van der Waals surface area (Å²) in [6.45, 7) is 10.6. The van der Waals surface area contributed by atoms with Crippen LogP contribution in [0.1, 0.15) is 56.8 Å². The fourth-order valence-corrected chi connectivity index (χ4v) is 4.16. The van der Waals surface area contributed by atoms with Gasteiger partial charge in [-0.15, -0.1) is 0 Å². The first-order valence-corrected chi connectivity index (χ1v) is 12.5. The monoisotopic (exact) mass is 507 g/mol. The van der Waals surface area contributed by atoms with Crippen LogP contribution in [0.3, 0.4) is 0 Å². The highest BCUT2D eigenvalue weighted by Crippen LogP contribution is 2.40. The number of nitrogens with zero attached hydrogens (tertiary/aromatic N) is 1. The van der Waals surface area contributed by atoms with Crippen LogP contribution in [-0.2, 0) is 20.9 Å². The molecule has 3 amide bonds. The van der Waals surface area contributed by atoms with Crippen molar-refractivity contribution in [1.82, 2.24) is 15.5 Å². The second-order valence-corrected chi connectivity index (χ2v) is 10.4. The van der Waals surface area contributed by atoms with E-state index in [1.165, 1.54) is 4.90 Å². The van der Waals surface area contributed by atoms with E-state index in [-0.39, 0.29) is 17.9 Å². The van der Waals surface area contributed by atoms with E-state index in [0.29, 0.717) is 18.5 Å². The minimum Gasteiger partial charge on any atom is -0.444 e. The second kappa shape index (κ2) is 12.1. The Labute approximate surface area is 218 Å². The standard InChI is InChI=1S/C29H37N3O5/c1-6-20-13-10-14-22(16-20)25(26(34)30-17-21-11-8-7-9-12-21)32(24-15-19(24)2)27(35)23(18-33)31-28(36)37-29(3,4)5/h6-14,16,19,23-25,33H,1,15,17-18H2,2-5H3,(H,30,34)(H,31,36). The Kier molecular flexibility index (Phi) is 9.10. The molecule has 0 aliphatic heterocycles. The van der Waals surface area contributed by atoms with Crippen LogP contribution in [0.5, 0.6) is 0 Å². The Morgan fingerprint density at radius 3 is 2.41 bits per heavy atom. The van der Waals surface area contributed by atoms with Gasteiger partial charge in [0, 0.05) is 12.6 Å². The molecule has 4 atom stereocenters. The van der Waals surface area contributed by atoms with Crippen molar-refractivity contribution < 1.29 is 24.2 Å². The summed E-state index contributed by atoms with van der Waals surface area (Å²) in [5, 5.41) is 15.5. The van der Waals surface area contributed by atoms with E-state index in [0.717, 1.165) is 11.1 Å². The Morgan fingerprint density at radius 2 is 1.84 bits per heavy atom. The van der Waals surface area contributed by atoms with Crippen molar-refractivity contribution >= 4 is 24.0 Å². The van der Waals surface area contributed by atoms with Gasteiger partial charge in [-0.3, -0.25) is 9.59 Å². The van der Waals surface area contributed by atoms with Gasteiger partial charge < -0.3 is 25.4 Å². The van der Waals surface area contributed by atoms with Gasteiger partial charge in [-0.2, -0.15) is 0 Å². The first-order valence-electron chi connectivity index (χ1n) is 12.5. The van der Waals surface area contributed by atoms with Gasteiger partial charge in [-0.05, 0) is 55.9 Å². The largest absolute Gasteiger partial charge is 0.444 e. The Hall–Kier alpha value is -3.65. The van der Waals surface area contributed by atoms with Gasteiger partial charge in [0.25, 0.3) is 0 Å². The quantitative estimate of drug-likeness (QED) is 0.453. The zero-order valence-electron chi connectivity index (χ0n) is 21.9. The van der Waals surface area contributed by atoms with E-state index < -0.39 is 36.3 Å². The predicted molar refractivity (Wildman–Crippen MR) is 142 cm³/mol. The number of benzene rings is 2. The fourth-order valence-electron chi connectivity index (χ4n) is 4.16. The molecule has 0 saturated heterocycles. The third-order valence-corrected chi connectivity index (χ3v) is 6.15. The minimum atomic E-state index is -1.27. The minimum absolute atomic E-state index is 0.164. The number of hydrogen-bond donors (Lipinski definition) is 3. The summed E-state index contributed by atoms with van der Waals surface area (Å²) in [6.07, 6.45) is 1.57. The number of aliphatic hydroxyl groups is 1. The maximum atomic E-state index is 13.8. The molecule has 3 N–H and O–H groups in total. The summed E-state index contributed by atoms with van der Waals surface area (Å²) >= 11 is 0. The van der Waals surface area contributed by atoms with E-state index in [4.69, 9.17) is 4.74 Å². The molecule has 2 aromatic rings. The van der Waals surface area contributed by atoms with Crippen LogP contribution >= 0.6 is 0 Å². The number of hydrogen-bond acceptors (Lipinski definition) is 5. The van der Waals surface area contributed by atoms with Gasteiger partial charge in [-0.25, -0.2) is 4.79 Å². The lowest BCUT2D eigenvalue weighted by molar-refractivity contribution is -0.144. The van der Waals surface area contributed by atoms with Gasteiger partial charge >= 0.3 is 6.09 Å². The number of rotatable bonds is 10. The first-order chi connectivity index (χ1) is 17.5. The molecule has 0 aromatic heterocycles. The zero-order chi connectivity index (χ0) is 27.2. The maximum Gasteiger partial charge on any atom is 0.408 e. The first kappa shape index (κ1) is 27.9. The zero-order valence-corrected chi connectivity index (χ0v) is 21.9. The topological polar surface area (TPSA) is 108 Å². The van der Waals surface area contributed by atoms with Crippen molar-refractivity contribution in [2.75, 3.05) is 6.61 Å². The van der Waals surface area contributed by atoms with Crippen molar-refractivity contribution in [3.05, 3.63) is 77.9 Å². The van der Waals surface area contributed by atoms with Crippen molar-refractivity contribution in [2.24, 2.45) is 5.92 Å². The number of amides is 3. The molecule has 3 rings (SSSR count). The molecule has 1 aliphatic carbocycles. The molecule has 1 fully saturated rings. The van der Waals surface area contributed by atoms with Gasteiger partial charge in [0.05, 0.1) is 6.61 Å². The van der Waals surface area contributed by atoms with Crippen molar-refractivity contribution in [3.63, 3.8) is 0 Å². The summed E-state index contributed by atoms with van der Waals surface area (Å²) in [5.74, 6) is -0.741. The SMILES string of the molecule is C=Cc1cccc(C(C(=O)NCc2ccccc2)N(C(=O)C(CO)NC(=O)OC(C)(C)C)C2CC2C)c1. The predicted octanol–water partition coefficient (Wildman–Crippen LogP) is 3.81. The van der Waals surface area contributed by atoms with Crippen molar-refractivity contribution in [1.29, 1.82) is 0 Å². The van der Waals surface area contributed by atoms with Gasteiger partial charge in [0.1, 0.15) is 17.7 Å². The van der Waals surface area contributed by atoms with E-state index in [9.17, 15) is 19.5 Å². The van der Waals surface area contributed by atoms with Crippen LogP contribution in [0.2, 0.25) is 0 Å². The van der Waals surface area contributed by atoms with Crippen LogP contribution in [0.15, 0.2) is 61.2 Å². The lowest BCUT2D eigenvalue weighted by atomic mass is 10.00. The van der Waals surface area contributed by atoms with E-state index in [1.807, 2.05) is 55.5 Å². The van der Waals surface area contributed by atoms with Gasteiger partial charge in [0.15, 0.2) is 0 Å². The third kappa shape index (κ3) is 7.67. The number of carbonyl (C=O) groups is 3. The summed E-state index contributed by atoms with van der Waals surface area (Å²) in [6, 6.07) is 14.3. The van der Waals surface area contributed by atoms with Gasteiger partial charge in [-0.1, -0.05) is 68.1 Å². The van der Waals surface area contributed by atoms with E-state index in [2.05, 4.69) is 17.2 Å². The highest BCUT2D eigenvalue weighted by atomic mass is 16.6. The molecule has 2 aromatic carbocycles. The molecule has 0 spiro atoms. The van der Waals surface area contributed by atoms with E-state index >= 15 is 0 Å². The molecule has 37 heavy (non-hydrogen) atoms. The molecule has 198 valence electrons. The molecule has 0 radical (unpaired) electrons.